The number of fused-ring (bicyclic) bond motifs is 5. The molecule has 0 atom stereocenters. The zero-order chi connectivity index (χ0) is 27.1. The molecule has 0 unspecified atom stereocenters. The number of allylic oxidation sites excluding steroid dienone is 2. The van der Waals surface area contributed by atoms with Crippen LogP contribution in [-0.4, -0.2) is 15.9 Å². The van der Waals surface area contributed by atoms with Crippen molar-refractivity contribution in [3.05, 3.63) is 90.8 Å². The number of ketones is 1. The van der Waals surface area contributed by atoms with E-state index in [9.17, 15) is 9.90 Å². The number of hydrogen-bond donors (Lipinski definition) is 1. The van der Waals surface area contributed by atoms with Crippen molar-refractivity contribution in [2.45, 2.75) is 53.4 Å². The predicted octanol–water partition coefficient (Wildman–Crippen LogP) is 9.94. The van der Waals surface area contributed by atoms with E-state index >= 15 is 0 Å². The maximum atomic E-state index is 11.7. The van der Waals surface area contributed by atoms with Crippen LogP contribution in [0.5, 0.6) is 0 Å². The van der Waals surface area contributed by atoms with Crippen LogP contribution >= 0.6 is 11.3 Å². The van der Waals surface area contributed by atoms with Gasteiger partial charge in [-0.25, -0.2) is 0 Å². The third-order valence-corrected chi connectivity index (χ3v) is 8.56. The van der Waals surface area contributed by atoms with Crippen molar-refractivity contribution < 1.29 is 30.0 Å². The Morgan fingerprint density at radius 1 is 0.897 bits per heavy atom. The summed E-state index contributed by atoms with van der Waals surface area (Å²) in [4.78, 5) is 16.4. The second kappa shape index (κ2) is 14.5. The summed E-state index contributed by atoms with van der Waals surface area (Å²) in [6.45, 7) is 8.07. The number of aliphatic hydroxyl groups excluding tert-OH is 1. The number of hydrogen-bond acceptors (Lipinski definition) is 4. The molecule has 2 aromatic heterocycles. The van der Waals surface area contributed by atoms with Crippen LogP contribution in [-0.2, 0) is 24.9 Å². The van der Waals surface area contributed by atoms with E-state index in [1.54, 1.807) is 0 Å². The quantitative estimate of drug-likeness (QED) is 0.0990. The maximum absolute atomic E-state index is 11.7. The van der Waals surface area contributed by atoms with Crippen LogP contribution in [0.2, 0.25) is 0 Å². The number of aromatic nitrogens is 1. The van der Waals surface area contributed by atoms with Gasteiger partial charge in [0.2, 0.25) is 0 Å². The van der Waals surface area contributed by atoms with Crippen molar-refractivity contribution >= 4 is 48.2 Å². The molecule has 205 valence electrons. The number of nitrogens with zero attached hydrogens (tertiary/aromatic N) is 1. The van der Waals surface area contributed by atoms with Crippen LogP contribution in [0, 0.1) is 17.9 Å². The van der Waals surface area contributed by atoms with Gasteiger partial charge in [-0.1, -0.05) is 93.1 Å². The first-order valence-corrected chi connectivity index (χ1v) is 14.4. The molecule has 3 aromatic carbocycles. The Kier molecular flexibility index (Phi) is 11.4. The van der Waals surface area contributed by atoms with Gasteiger partial charge in [-0.3, -0.25) is 4.79 Å². The Morgan fingerprint density at radius 3 is 2.21 bits per heavy atom. The third-order valence-electron chi connectivity index (χ3n) is 7.32. The normalized spacial score (nSPS) is 11.6. The van der Waals surface area contributed by atoms with Crippen LogP contribution in [0.25, 0.3) is 42.2 Å². The van der Waals surface area contributed by atoms with Crippen molar-refractivity contribution in [1.82, 2.24) is 4.98 Å². The van der Waals surface area contributed by atoms with E-state index < -0.39 is 0 Å². The number of carbonyl (C=O) groups excluding carboxylic acids is 1. The molecule has 0 saturated heterocycles. The molecule has 5 heteroatoms. The van der Waals surface area contributed by atoms with Gasteiger partial charge in [0.25, 0.3) is 0 Å². The van der Waals surface area contributed by atoms with Gasteiger partial charge < -0.3 is 10.1 Å². The van der Waals surface area contributed by atoms with Crippen molar-refractivity contribution in [1.29, 1.82) is 0 Å². The van der Waals surface area contributed by atoms with Gasteiger partial charge in [-0.05, 0) is 47.6 Å². The Bertz CT molecular complexity index is 1550. The summed E-state index contributed by atoms with van der Waals surface area (Å²) in [6, 6.07) is 26.6. The molecule has 0 amide bonds. The minimum Gasteiger partial charge on any atom is -0.512 e. The molecule has 0 spiro atoms. The standard InChI is InChI=1S/C21H12NS.C13H24O2.Ir/c1-2-6-14(7-3-1)17-12-13-22-19-18-11-10-15-8-4-5-9-16(15)20(18)23-21(17)19;1-5-10(6-2)12(14)9-13(15)11(7-3)8-4;/h1-10,12-13H;9-11,14H,5-8H2,1-4H3;/q-1;;/b;12-9-;. The van der Waals surface area contributed by atoms with Gasteiger partial charge in [-0.2, -0.15) is 11.3 Å². The smallest absolute Gasteiger partial charge is 0.162 e. The van der Waals surface area contributed by atoms with Crippen LogP contribution < -0.4 is 0 Å². The van der Waals surface area contributed by atoms with Crippen molar-refractivity contribution in [2.24, 2.45) is 11.8 Å². The van der Waals surface area contributed by atoms with Crippen molar-refractivity contribution in [2.75, 3.05) is 0 Å². The summed E-state index contributed by atoms with van der Waals surface area (Å²) >= 11 is 1.82. The van der Waals surface area contributed by atoms with Crippen LogP contribution in [0.3, 0.4) is 0 Å². The average molecular weight is 715 g/mol. The molecule has 3 nitrogen and oxygen atoms in total. The average Bonchev–Trinajstić information content (AvgIpc) is 3.35. The van der Waals surface area contributed by atoms with E-state index in [-0.39, 0.29) is 43.5 Å². The topological polar surface area (TPSA) is 50.2 Å². The summed E-state index contributed by atoms with van der Waals surface area (Å²) in [5.74, 6) is 0.547. The van der Waals surface area contributed by atoms with Crippen molar-refractivity contribution in [3.63, 3.8) is 0 Å². The first kappa shape index (κ1) is 30.7. The first-order chi connectivity index (χ1) is 18.5. The molecule has 0 aliphatic carbocycles. The second-order valence-electron chi connectivity index (χ2n) is 9.58. The van der Waals surface area contributed by atoms with Crippen LogP contribution in [0.15, 0.2) is 84.8 Å². The number of aliphatic hydroxyl groups is 1. The molecular weight excluding hydrogens is 679 g/mol. The zero-order valence-electron chi connectivity index (χ0n) is 23.0. The SMILES string of the molecule is CCC(CC)C(=O)/C=C(\O)C(CC)CC.[Ir].[c-]1cc2ccccc2c2sc3c(-c4ccccc4)ccnc3c12. The van der Waals surface area contributed by atoms with Gasteiger partial charge >= 0.3 is 0 Å². The molecule has 0 fully saturated rings. The van der Waals surface area contributed by atoms with Gasteiger partial charge in [0.15, 0.2) is 5.78 Å². The Hall–Kier alpha value is -2.85. The largest absolute Gasteiger partial charge is 0.512 e. The summed E-state index contributed by atoms with van der Waals surface area (Å²) in [7, 11) is 0. The molecular formula is C34H36IrNO2S-. The minimum atomic E-state index is 0. The van der Waals surface area contributed by atoms with E-state index in [4.69, 9.17) is 0 Å². The summed E-state index contributed by atoms with van der Waals surface area (Å²) < 4.78 is 2.51. The molecule has 0 aliphatic rings. The summed E-state index contributed by atoms with van der Waals surface area (Å²) in [5.41, 5.74) is 3.53. The van der Waals surface area contributed by atoms with Gasteiger partial charge in [0.1, 0.15) is 0 Å². The molecule has 0 bridgehead atoms. The van der Waals surface area contributed by atoms with Crippen LogP contribution in [0.4, 0.5) is 0 Å². The Balaban J connectivity index is 0.000000233. The van der Waals surface area contributed by atoms with E-state index in [1.165, 1.54) is 37.4 Å². The molecule has 39 heavy (non-hydrogen) atoms. The summed E-state index contributed by atoms with van der Waals surface area (Å²) in [6.07, 6.45) is 6.81. The molecule has 2 heterocycles. The number of pyridine rings is 1. The number of rotatable bonds is 8. The van der Waals surface area contributed by atoms with Crippen LogP contribution in [0.1, 0.15) is 53.4 Å². The fourth-order valence-electron chi connectivity index (χ4n) is 4.92. The number of benzene rings is 3. The first-order valence-electron chi connectivity index (χ1n) is 13.6. The van der Waals surface area contributed by atoms with E-state index in [2.05, 4.69) is 71.7 Å². The molecule has 1 radical (unpaired) electrons. The zero-order valence-corrected chi connectivity index (χ0v) is 26.2. The van der Waals surface area contributed by atoms with Gasteiger partial charge in [0.05, 0.1) is 5.76 Å². The fraction of sp³-hybridized carbons (Fsp3) is 0.294. The monoisotopic (exact) mass is 715 g/mol. The Labute approximate surface area is 249 Å². The third kappa shape index (κ3) is 6.84. The van der Waals surface area contributed by atoms with Gasteiger partial charge in [-0.15, -0.1) is 17.5 Å². The van der Waals surface area contributed by atoms with Crippen molar-refractivity contribution in [3.8, 4) is 11.1 Å². The fourth-order valence-corrected chi connectivity index (χ4v) is 6.22. The molecule has 5 aromatic rings. The summed E-state index contributed by atoms with van der Waals surface area (Å²) in [5, 5.41) is 13.4. The second-order valence-corrected chi connectivity index (χ2v) is 10.6. The maximum Gasteiger partial charge on any atom is 0.162 e. The van der Waals surface area contributed by atoms with E-state index in [1.807, 2.05) is 51.3 Å². The number of carbonyl (C=O) groups is 1. The molecule has 0 saturated carbocycles. The molecule has 1 N–H and O–H groups in total. The van der Waals surface area contributed by atoms with Gasteiger partial charge in [0, 0.05) is 54.4 Å². The minimum absolute atomic E-state index is 0. The van der Waals surface area contributed by atoms with E-state index in [0.29, 0.717) is 0 Å². The Morgan fingerprint density at radius 2 is 1.54 bits per heavy atom. The number of thiophene rings is 1. The molecule has 0 aliphatic heterocycles. The molecule has 5 rings (SSSR count). The predicted molar refractivity (Wildman–Crippen MR) is 163 cm³/mol. The van der Waals surface area contributed by atoms with E-state index in [0.717, 1.165) is 36.6 Å².